The first-order valence-electron chi connectivity index (χ1n) is 8.20. The van der Waals surface area contributed by atoms with Crippen molar-refractivity contribution in [1.29, 1.82) is 5.26 Å². The lowest BCUT2D eigenvalue weighted by molar-refractivity contribution is -0.113. The smallest absolute Gasteiger partial charge is 0.236 e. The number of fused-ring (bicyclic) bond motifs is 1. The number of carbonyl (C=O) groups excluding carboxylic acids is 1. The van der Waals surface area contributed by atoms with Gasteiger partial charge in [0, 0.05) is 10.3 Å². The maximum atomic E-state index is 12.2. The summed E-state index contributed by atoms with van der Waals surface area (Å²) in [6, 6.07) is 10.1. The van der Waals surface area contributed by atoms with Gasteiger partial charge in [0.25, 0.3) is 0 Å². The zero-order valence-corrected chi connectivity index (χ0v) is 16.4. The minimum Gasteiger partial charge on any atom is -0.301 e. The van der Waals surface area contributed by atoms with Gasteiger partial charge in [-0.1, -0.05) is 24.8 Å². The molecule has 1 aromatic carbocycles. The standard InChI is InChI=1S/C19H18N4OS2/c1-4-13-5-6-16-14(7-13)8-15(9-20)18(22-16)25-10-17(24)23-19-21-11(2)12(3)26-19/h5-8H,4,10H2,1-3H3,(H,21,23,24). The van der Waals surface area contributed by atoms with E-state index in [0.717, 1.165) is 27.9 Å². The minimum absolute atomic E-state index is 0.157. The third kappa shape index (κ3) is 4.03. The maximum absolute atomic E-state index is 12.2. The minimum atomic E-state index is -0.157. The number of hydrogen-bond donors (Lipinski definition) is 1. The lowest BCUT2D eigenvalue weighted by Gasteiger charge is -2.07. The van der Waals surface area contributed by atoms with Crippen LogP contribution in [0.5, 0.6) is 0 Å². The predicted molar refractivity (Wildman–Crippen MR) is 107 cm³/mol. The van der Waals surface area contributed by atoms with E-state index in [1.54, 1.807) is 0 Å². The molecule has 0 aliphatic heterocycles. The van der Waals surface area contributed by atoms with E-state index in [-0.39, 0.29) is 11.7 Å². The van der Waals surface area contributed by atoms with Gasteiger partial charge in [0.1, 0.15) is 11.1 Å². The number of nitrogens with one attached hydrogen (secondary N) is 1. The summed E-state index contributed by atoms with van der Waals surface area (Å²) in [6.45, 7) is 5.98. The third-order valence-corrected chi connectivity index (χ3v) is 5.97. The van der Waals surface area contributed by atoms with Crippen LogP contribution >= 0.6 is 23.1 Å². The molecule has 0 atom stereocenters. The first kappa shape index (κ1) is 18.4. The zero-order chi connectivity index (χ0) is 18.7. The molecule has 0 bridgehead atoms. The molecule has 0 spiro atoms. The maximum Gasteiger partial charge on any atom is 0.236 e. The molecule has 1 amide bonds. The van der Waals surface area contributed by atoms with Crippen molar-refractivity contribution in [2.24, 2.45) is 0 Å². The molecular weight excluding hydrogens is 364 g/mol. The molecule has 26 heavy (non-hydrogen) atoms. The van der Waals surface area contributed by atoms with Gasteiger partial charge in [-0.25, -0.2) is 9.97 Å². The van der Waals surface area contributed by atoms with Crippen molar-refractivity contribution in [1.82, 2.24) is 9.97 Å². The molecule has 7 heteroatoms. The summed E-state index contributed by atoms with van der Waals surface area (Å²) in [5, 5.41) is 14.4. The van der Waals surface area contributed by atoms with E-state index in [1.807, 2.05) is 32.0 Å². The van der Waals surface area contributed by atoms with E-state index >= 15 is 0 Å². The fraction of sp³-hybridized carbons (Fsp3) is 0.263. The Hall–Kier alpha value is -2.43. The van der Waals surface area contributed by atoms with Gasteiger partial charge < -0.3 is 5.32 Å². The van der Waals surface area contributed by atoms with Crippen molar-refractivity contribution in [3.8, 4) is 6.07 Å². The molecule has 132 valence electrons. The van der Waals surface area contributed by atoms with Crippen molar-refractivity contribution < 1.29 is 4.79 Å². The number of amides is 1. The summed E-state index contributed by atoms with van der Waals surface area (Å²) in [5.74, 6) is 0.0219. The van der Waals surface area contributed by atoms with Crippen LogP contribution in [0.2, 0.25) is 0 Å². The highest BCUT2D eigenvalue weighted by molar-refractivity contribution is 8.00. The van der Waals surface area contributed by atoms with Gasteiger partial charge in [0.2, 0.25) is 5.91 Å². The lowest BCUT2D eigenvalue weighted by atomic mass is 10.1. The highest BCUT2D eigenvalue weighted by Gasteiger charge is 2.12. The molecule has 0 aliphatic rings. The molecule has 2 aromatic heterocycles. The van der Waals surface area contributed by atoms with E-state index in [9.17, 15) is 10.1 Å². The van der Waals surface area contributed by atoms with Crippen LogP contribution in [0.3, 0.4) is 0 Å². The molecular formula is C19H18N4OS2. The summed E-state index contributed by atoms with van der Waals surface area (Å²) in [7, 11) is 0. The van der Waals surface area contributed by atoms with Gasteiger partial charge in [0.05, 0.1) is 22.5 Å². The second-order valence-corrected chi connectivity index (χ2v) is 8.00. The molecule has 5 nitrogen and oxygen atoms in total. The largest absolute Gasteiger partial charge is 0.301 e. The second-order valence-electron chi connectivity index (χ2n) is 5.83. The Balaban J connectivity index is 1.75. The molecule has 0 saturated carbocycles. The number of thioether (sulfide) groups is 1. The van der Waals surface area contributed by atoms with Gasteiger partial charge in [-0.3, -0.25) is 4.79 Å². The number of hydrogen-bond acceptors (Lipinski definition) is 6. The topological polar surface area (TPSA) is 78.7 Å². The molecule has 2 heterocycles. The number of aromatic nitrogens is 2. The Labute approximate surface area is 160 Å². The van der Waals surface area contributed by atoms with Gasteiger partial charge >= 0.3 is 0 Å². The van der Waals surface area contributed by atoms with Gasteiger partial charge in [-0.05, 0) is 44.0 Å². The second kappa shape index (κ2) is 7.85. The highest BCUT2D eigenvalue weighted by Crippen LogP contribution is 2.26. The molecule has 3 rings (SSSR count). The summed E-state index contributed by atoms with van der Waals surface area (Å²) in [4.78, 5) is 22.1. The Bertz CT molecular complexity index is 1000. The summed E-state index contributed by atoms with van der Waals surface area (Å²) in [6.07, 6.45) is 0.935. The van der Waals surface area contributed by atoms with Gasteiger partial charge in [-0.15, -0.1) is 11.3 Å². The van der Waals surface area contributed by atoms with Crippen LogP contribution in [0.15, 0.2) is 29.3 Å². The van der Waals surface area contributed by atoms with Crippen LogP contribution in [0.4, 0.5) is 5.13 Å². The molecule has 0 saturated heterocycles. The number of rotatable bonds is 5. The molecule has 0 unspecified atom stereocenters. The molecule has 0 radical (unpaired) electrons. The van der Waals surface area contributed by atoms with E-state index in [2.05, 4.69) is 34.3 Å². The number of nitriles is 1. The summed E-state index contributed by atoms with van der Waals surface area (Å²) < 4.78 is 0. The molecule has 0 aliphatic carbocycles. The van der Waals surface area contributed by atoms with E-state index in [4.69, 9.17) is 0 Å². The first-order chi connectivity index (χ1) is 12.5. The van der Waals surface area contributed by atoms with Crippen LogP contribution in [-0.2, 0) is 11.2 Å². The normalized spacial score (nSPS) is 10.7. The van der Waals surface area contributed by atoms with Crippen molar-refractivity contribution >= 4 is 45.0 Å². The Morgan fingerprint density at radius 1 is 1.31 bits per heavy atom. The van der Waals surface area contributed by atoms with Crippen molar-refractivity contribution in [2.45, 2.75) is 32.2 Å². The van der Waals surface area contributed by atoms with E-state index in [1.165, 1.54) is 28.7 Å². The summed E-state index contributed by atoms with van der Waals surface area (Å²) >= 11 is 2.72. The van der Waals surface area contributed by atoms with E-state index < -0.39 is 0 Å². The van der Waals surface area contributed by atoms with E-state index in [0.29, 0.717) is 15.7 Å². The number of aryl methyl sites for hydroxylation is 3. The average Bonchev–Trinajstić information content (AvgIpc) is 2.95. The third-order valence-electron chi connectivity index (χ3n) is 3.99. The number of pyridine rings is 1. The first-order valence-corrected chi connectivity index (χ1v) is 10.0. The fourth-order valence-electron chi connectivity index (χ4n) is 2.43. The van der Waals surface area contributed by atoms with Crippen molar-refractivity contribution in [2.75, 3.05) is 11.1 Å². The Kier molecular flexibility index (Phi) is 5.55. The van der Waals surface area contributed by atoms with Gasteiger partial charge in [-0.2, -0.15) is 5.26 Å². The van der Waals surface area contributed by atoms with Crippen LogP contribution in [0.1, 0.15) is 28.6 Å². The van der Waals surface area contributed by atoms with Gasteiger partial charge in [0.15, 0.2) is 5.13 Å². The molecule has 0 fully saturated rings. The number of anilines is 1. The van der Waals surface area contributed by atoms with Crippen LogP contribution < -0.4 is 5.32 Å². The van der Waals surface area contributed by atoms with Crippen LogP contribution in [0, 0.1) is 25.2 Å². The number of nitrogens with zero attached hydrogens (tertiary/aromatic N) is 3. The van der Waals surface area contributed by atoms with Crippen molar-refractivity contribution in [3.63, 3.8) is 0 Å². The number of carbonyl (C=O) groups is 1. The molecule has 1 N–H and O–H groups in total. The highest BCUT2D eigenvalue weighted by atomic mass is 32.2. The number of benzene rings is 1. The average molecular weight is 383 g/mol. The van der Waals surface area contributed by atoms with Crippen LogP contribution in [0.25, 0.3) is 10.9 Å². The Morgan fingerprint density at radius 2 is 2.12 bits per heavy atom. The summed E-state index contributed by atoms with van der Waals surface area (Å²) in [5.41, 5.74) is 3.45. The van der Waals surface area contributed by atoms with Crippen LogP contribution in [-0.4, -0.2) is 21.6 Å². The monoisotopic (exact) mass is 382 g/mol. The molecule has 3 aromatic rings. The van der Waals surface area contributed by atoms with Crippen molar-refractivity contribution in [3.05, 3.63) is 46.0 Å². The number of thiazole rings is 1. The fourth-order valence-corrected chi connectivity index (χ4v) is 4.03. The zero-order valence-electron chi connectivity index (χ0n) is 14.8. The predicted octanol–water partition coefficient (Wildman–Crippen LogP) is 4.47. The SMILES string of the molecule is CCc1ccc2nc(SCC(=O)Nc3nc(C)c(C)s3)c(C#N)cc2c1. The lowest BCUT2D eigenvalue weighted by Crippen LogP contribution is -2.14. The quantitative estimate of drug-likeness (QED) is 0.659. The Morgan fingerprint density at radius 3 is 2.77 bits per heavy atom.